The Morgan fingerprint density at radius 1 is 1.24 bits per heavy atom. The van der Waals surface area contributed by atoms with Crippen LogP contribution in [0.15, 0.2) is 30.3 Å². The number of carbonyl (C=O) groups excluding carboxylic acids is 2. The summed E-state index contributed by atoms with van der Waals surface area (Å²) in [6.07, 6.45) is 0.0557. The van der Waals surface area contributed by atoms with Gasteiger partial charge in [-0.3, -0.25) is 14.5 Å². The van der Waals surface area contributed by atoms with Gasteiger partial charge in [0.05, 0.1) is 5.41 Å². The van der Waals surface area contributed by atoms with E-state index in [2.05, 4.69) is 0 Å². The molecule has 0 unspecified atom stereocenters. The molecule has 0 bridgehead atoms. The molecule has 2 amide bonds. The number of likely N-dealkylation sites (tertiary alicyclic amines) is 1. The van der Waals surface area contributed by atoms with Crippen molar-refractivity contribution >= 4 is 17.8 Å². The van der Waals surface area contributed by atoms with E-state index >= 15 is 0 Å². The number of hydrogen-bond acceptors (Lipinski definition) is 3. The Morgan fingerprint density at radius 2 is 1.81 bits per heavy atom. The molecule has 0 radical (unpaired) electrons. The fourth-order valence-electron chi connectivity index (χ4n) is 2.61. The Morgan fingerprint density at radius 3 is 2.24 bits per heavy atom. The first-order valence-corrected chi connectivity index (χ1v) is 6.93. The van der Waals surface area contributed by atoms with Crippen LogP contribution < -0.4 is 0 Å². The highest BCUT2D eigenvalue weighted by molar-refractivity contribution is 6.08. The molecule has 5 nitrogen and oxygen atoms in total. The zero-order valence-corrected chi connectivity index (χ0v) is 12.4. The molecule has 1 saturated heterocycles. The molecule has 1 aromatic carbocycles. The third-order valence-electron chi connectivity index (χ3n) is 4.38. The predicted molar refractivity (Wildman–Crippen MR) is 76.2 cm³/mol. The molecule has 0 aromatic heterocycles. The summed E-state index contributed by atoms with van der Waals surface area (Å²) in [5, 5.41) is 9.49. The molecule has 1 aromatic rings. The van der Waals surface area contributed by atoms with Crippen molar-refractivity contribution in [2.75, 3.05) is 0 Å². The quantitative estimate of drug-likeness (QED) is 0.862. The third kappa shape index (κ3) is 2.44. The van der Waals surface area contributed by atoms with Crippen molar-refractivity contribution in [3.63, 3.8) is 0 Å². The van der Waals surface area contributed by atoms with Gasteiger partial charge >= 0.3 is 5.97 Å². The summed E-state index contributed by atoms with van der Waals surface area (Å²) in [5.41, 5.74) is -0.403. The van der Waals surface area contributed by atoms with Crippen molar-refractivity contribution < 1.29 is 19.5 Å². The topological polar surface area (TPSA) is 74.7 Å². The van der Waals surface area contributed by atoms with Crippen molar-refractivity contribution in [1.29, 1.82) is 0 Å². The SMILES string of the molecule is CC(C)[C@]1(C)CC(=O)N([C@H](C(=O)O)c2ccccc2)C1=O. The van der Waals surface area contributed by atoms with Gasteiger partial charge in [-0.05, 0) is 18.4 Å². The van der Waals surface area contributed by atoms with Gasteiger partial charge in [-0.2, -0.15) is 0 Å². The Kier molecular flexibility index (Phi) is 3.85. The van der Waals surface area contributed by atoms with E-state index in [1.807, 2.05) is 13.8 Å². The zero-order chi connectivity index (χ0) is 15.8. The van der Waals surface area contributed by atoms with E-state index < -0.39 is 29.2 Å². The van der Waals surface area contributed by atoms with E-state index in [4.69, 9.17) is 0 Å². The maximum Gasteiger partial charge on any atom is 0.331 e. The van der Waals surface area contributed by atoms with Crippen molar-refractivity contribution in [1.82, 2.24) is 4.90 Å². The summed E-state index contributed by atoms with van der Waals surface area (Å²) in [4.78, 5) is 37.4. The zero-order valence-electron chi connectivity index (χ0n) is 12.4. The molecule has 5 heteroatoms. The normalized spacial score (nSPS) is 23.7. The van der Waals surface area contributed by atoms with Gasteiger partial charge in [-0.15, -0.1) is 0 Å². The number of carbonyl (C=O) groups is 3. The van der Waals surface area contributed by atoms with Crippen molar-refractivity contribution in [2.24, 2.45) is 11.3 Å². The molecule has 1 aliphatic rings. The second-order valence-corrected chi connectivity index (χ2v) is 5.97. The first kappa shape index (κ1) is 15.2. The molecule has 1 fully saturated rings. The van der Waals surface area contributed by atoms with Gasteiger partial charge in [0.2, 0.25) is 11.8 Å². The van der Waals surface area contributed by atoms with Crippen LogP contribution in [-0.2, 0) is 14.4 Å². The molecule has 112 valence electrons. The summed E-state index contributed by atoms with van der Waals surface area (Å²) in [5.74, 6) is -2.06. The number of imide groups is 1. The molecular weight excluding hydrogens is 270 g/mol. The van der Waals surface area contributed by atoms with Gasteiger partial charge in [-0.25, -0.2) is 4.79 Å². The van der Waals surface area contributed by atoms with Crippen molar-refractivity contribution in [3.8, 4) is 0 Å². The lowest BCUT2D eigenvalue weighted by molar-refractivity contribution is -0.156. The van der Waals surface area contributed by atoms with E-state index in [0.717, 1.165) is 4.90 Å². The predicted octanol–water partition coefficient (Wildman–Crippen LogP) is 2.23. The molecule has 0 saturated carbocycles. The van der Waals surface area contributed by atoms with E-state index in [9.17, 15) is 19.5 Å². The second kappa shape index (κ2) is 5.31. The van der Waals surface area contributed by atoms with Crippen LogP contribution in [-0.4, -0.2) is 27.8 Å². The fourth-order valence-corrected chi connectivity index (χ4v) is 2.61. The summed E-state index contributed by atoms with van der Waals surface area (Å²) in [7, 11) is 0. The largest absolute Gasteiger partial charge is 0.479 e. The van der Waals surface area contributed by atoms with Gasteiger partial charge in [0.1, 0.15) is 0 Å². The van der Waals surface area contributed by atoms with Crippen LogP contribution in [0.3, 0.4) is 0 Å². The number of benzene rings is 1. The number of carboxylic acid groups (broad SMARTS) is 1. The first-order chi connectivity index (χ1) is 9.79. The standard InChI is InChI=1S/C16H19NO4/c1-10(2)16(3)9-12(18)17(15(16)21)13(14(19)20)11-7-5-4-6-8-11/h4-8,10,13H,9H2,1-3H3,(H,19,20)/t13-,16-/m0/s1. The van der Waals surface area contributed by atoms with Crippen LogP contribution in [0.2, 0.25) is 0 Å². The molecule has 1 aliphatic heterocycles. The maximum absolute atomic E-state index is 12.6. The van der Waals surface area contributed by atoms with Crippen LogP contribution in [0.1, 0.15) is 38.8 Å². The Bertz CT molecular complexity index is 581. The average molecular weight is 289 g/mol. The summed E-state index contributed by atoms with van der Waals surface area (Å²) in [6, 6.07) is 7.12. The molecule has 0 spiro atoms. The maximum atomic E-state index is 12.6. The number of carboxylic acids is 1. The van der Waals surface area contributed by atoms with Crippen LogP contribution in [0.25, 0.3) is 0 Å². The highest BCUT2D eigenvalue weighted by atomic mass is 16.4. The molecule has 2 rings (SSSR count). The van der Waals surface area contributed by atoms with Gasteiger partial charge in [0.25, 0.3) is 0 Å². The van der Waals surface area contributed by atoms with Crippen LogP contribution in [0.4, 0.5) is 0 Å². The first-order valence-electron chi connectivity index (χ1n) is 6.93. The minimum atomic E-state index is -1.26. The average Bonchev–Trinajstić information content (AvgIpc) is 2.65. The molecular formula is C16H19NO4. The lowest BCUT2D eigenvalue weighted by Gasteiger charge is -2.28. The van der Waals surface area contributed by atoms with E-state index in [1.165, 1.54) is 0 Å². The molecule has 2 atom stereocenters. The summed E-state index contributed by atoms with van der Waals surface area (Å²) < 4.78 is 0. The molecule has 0 aliphatic carbocycles. The lowest BCUT2D eigenvalue weighted by atomic mass is 9.78. The molecule has 21 heavy (non-hydrogen) atoms. The number of rotatable bonds is 4. The highest BCUT2D eigenvalue weighted by Crippen LogP contribution is 2.42. The number of amides is 2. The van der Waals surface area contributed by atoms with E-state index in [-0.39, 0.29) is 12.3 Å². The summed E-state index contributed by atoms with van der Waals surface area (Å²) in [6.45, 7) is 5.46. The Balaban J connectivity index is 2.45. The van der Waals surface area contributed by atoms with Crippen LogP contribution >= 0.6 is 0 Å². The van der Waals surface area contributed by atoms with Crippen molar-refractivity contribution in [3.05, 3.63) is 35.9 Å². The Hall–Kier alpha value is -2.17. The monoisotopic (exact) mass is 289 g/mol. The van der Waals surface area contributed by atoms with Gasteiger partial charge in [0, 0.05) is 6.42 Å². The number of aliphatic carboxylic acids is 1. The minimum absolute atomic E-state index is 0.0378. The lowest BCUT2D eigenvalue weighted by Crippen LogP contribution is -2.42. The Labute approximate surface area is 123 Å². The number of nitrogens with zero attached hydrogens (tertiary/aromatic N) is 1. The molecule has 1 N–H and O–H groups in total. The van der Waals surface area contributed by atoms with E-state index in [0.29, 0.717) is 5.56 Å². The van der Waals surface area contributed by atoms with Crippen molar-refractivity contribution in [2.45, 2.75) is 33.2 Å². The molecule has 1 heterocycles. The third-order valence-corrected chi connectivity index (χ3v) is 4.38. The van der Waals surface area contributed by atoms with Crippen LogP contribution in [0.5, 0.6) is 0 Å². The number of hydrogen-bond donors (Lipinski definition) is 1. The smallest absolute Gasteiger partial charge is 0.331 e. The minimum Gasteiger partial charge on any atom is -0.479 e. The fraction of sp³-hybridized carbons (Fsp3) is 0.438. The highest BCUT2D eigenvalue weighted by Gasteiger charge is 2.53. The van der Waals surface area contributed by atoms with E-state index in [1.54, 1.807) is 37.3 Å². The second-order valence-electron chi connectivity index (χ2n) is 5.97. The van der Waals surface area contributed by atoms with Gasteiger partial charge in [-0.1, -0.05) is 44.2 Å². The summed E-state index contributed by atoms with van der Waals surface area (Å²) >= 11 is 0. The van der Waals surface area contributed by atoms with Crippen LogP contribution in [0, 0.1) is 11.3 Å². The van der Waals surface area contributed by atoms with Gasteiger partial charge in [0.15, 0.2) is 6.04 Å². The van der Waals surface area contributed by atoms with Gasteiger partial charge < -0.3 is 5.11 Å².